The second-order valence-electron chi connectivity index (χ2n) is 11.7. The number of fused-ring (bicyclic) bond motifs is 1. The molecule has 40 heavy (non-hydrogen) atoms. The predicted octanol–water partition coefficient (Wildman–Crippen LogP) is 8.14. The summed E-state index contributed by atoms with van der Waals surface area (Å²) in [6.07, 6.45) is 6.74. The molecule has 1 aliphatic heterocycles. The first kappa shape index (κ1) is 26.0. The number of anilines is 1. The summed E-state index contributed by atoms with van der Waals surface area (Å²) in [6.45, 7) is 3.04. The molecule has 0 bridgehead atoms. The fourth-order valence-electron chi connectivity index (χ4n) is 6.69. The van der Waals surface area contributed by atoms with Gasteiger partial charge in [0.2, 0.25) is 0 Å². The van der Waals surface area contributed by atoms with Crippen LogP contribution >= 0.6 is 22.9 Å². The number of benzene rings is 2. The third-order valence-electron chi connectivity index (χ3n) is 8.99. The summed E-state index contributed by atoms with van der Waals surface area (Å²) in [4.78, 5) is 13.9. The summed E-state index contributed by atoms with van der Waals surface area (Å²) >= 11 is 7.83. The molecule has 0 amide bonds. The molecule has 0 radical (unpaired) electrons. The van der Waals surface area contributed by atoms with Gasteiger partial charge in [-0.3, -0.25) is 0 Å². The number of aromatic carboxylic acids is 1. The van der Waals surface area contributed by atoms with Crippen molar-refractivity contribution in [1.29, 1.82) is 0 Å². The van der Waals surface area contributed by atoms with Gasteiger partial charge in [-0.05, 0) is 74.1 Å². The van der Waals surface area contributed by atoms with Crippen LogP contribution in [0.25, 0.3) is 21.3 Å². The van der Waals surface area contributed by atoms with Crippen LogP contribution in [0.4, 0.5) is 10.1 Å². The number of carboxylic acid groups (broad SMARTS) is 1. The van der Waals surface area contributed by atoms with Crippen LogP contribution in [0, 0.1) is 17.2 Å². The van der Waals surface area contributed by atoms with E-state index in [1.54, 1.807) is 17.5 Å². The van der Waals surface area contributed by atoms with Crippen molar-refractivity contribution in [3.8, 4) is 11.3 Å². The molecule has 2 aliphatic carbocycles. The Kier molecular flexibility index (Phi) is 6.60. The Balaban J connectivity index is 0.946. The molecule has 3 heterocycles. The van der Waals surface area contributed by atoms with E-state index in [9.17, 15) is 14.3 Å². The van der Waals surface area contributed by atoms with E-state index in [1.165, 1.54) is 23.1 Å². The third kappa shape index (κ3) is 4.70. The van der Waals surface area contributed by atoms with E-state index >= 15 is 0 Å². The van der Waals surface area contributed by atoms with Gasteiger partial charge in [-0.1, -0.05) is 28.9 Å². The maximum atomic E-state index is 14.7. The molecule has 2 saturated carbocycles. The predicted molar refractivity (Wildman–Crippen MR) is 154 cm³/mol. The third-order valence-corrected chi connectivity index (χ3v) is 10.2. The van der Waals surface area contributed by atoms with Crippen LogP contribution < -0.4 is 4.90 Å². The van der Waals surface area contributed by atoms with Crippen LogP contribution in [-0.2, 0) is 11.3 Å². The Hall–Kier alpha value is -2.94. The number of carboxylic acids is 1. The van der Waals surface area contributed by atoms with E-state index in [-0.39, 0.29) is 5.56 Å². The maximum Gasteiger partial charge on any atom is 0.337 e. The summed E-state index contributed by atoms with van der Waals surface area (Å²) < 4.78 is 27.6. The topological polar surface area (TPSA) is 75.8 Å². The number of aromatic nitrogens is 1. The minimum Gasteiger partial charge on any atom is -0.478 e. The zero-order chi connectivity index (χ0) is 27.4. The normalized spacial score (nSPS) is 18.9. The molecule has 4 aromatic rings. The number of piperidine rings is 1. The lowest BCUT2D eigenvalue weighted by Gasteiger charge is -2.52. The summed E-state index contributed by atoms with van der Waals surface area (Å²) in [7, 11) is 0. The Morgan fingerprint density at radius 3 is 2.75 bits per heavy atom. The molecular weight excluding hydrogens is 551 g/mol. The van der Waals surface area contributed by atoms with Crippen LogP contribution in [0.2, 0.25) is 5.02 Å². The van der Waals surface area contributed by atoms with Gasteiger partial charge in [-0.25, -0.2) is 9.18 Å². The minimum absolute atomic E-state index is 0.285. The Labute approximate surface area is 240 Å². The molecule has 7 rings (SSSR count). The highest BCUT2D eigenvalue weighted by molar-refractivity contribution is 7.17. The van der Waals surface area contributed by atoms with Crippen LogP contribution in [0.3, 0.4) is 0 Å². The number of hydrogen-bond donors (Lipinski definition) is 1. The molecule has 208 valence electrons. The van der Waals surface area contributed by atoms with Crippen LogP contribution in [0.1, 0.15) is 66.1 Å². The Morgan fingerprint density at radius 2 is 2.02 bits per heavy atom. The fourth-order valence-corrected chi connectivity index (χ4v) is 7.90. The first-order valence-corrected chi connectivity index (χ1v) is 15.2. The van der Waals surface area contributed by atoms with E-state index in [0.717, 1.165) is 73.0 Å². The van der Waals surface area contributed by atoms with Gasteiger partial charge in [0.15, 0.2) is 0 Å². The highest BCUT2D eigenvalue weighted by Gasteiger charge is 2.46. The number of carbonyl (C=O) groups is 1. The van der Waals surface area contributed by atoms with Crippen molar-refractivity contribution < 1.29 is 23.6 Å². The molecule has 6 nitrogen and oxygen atoms in total. The van der Waals surface area contributed by atoms with E-state index in [2.05, 4.69) is 22.2 Å². The van der Waals surface area contributed by atoms with E-state index < -0.39 is 11.8 Å². The van der Waals surface area contributed by atoms with Gasteiger partial charge in [0.05, 0.1) is 22.8 Å². The minimum atomic E-state index is -0.873. The highest BCUT2D eigenvalue weighted by Crippen LogP contribution is 2.53. The molecule has 3 fully saturated rings. The van der Waals surface area contributed by atoms with E-state index in [0.29, 0.717) is 46.7 Å². The quantitative estimate of drug-likeness (QED) is 0.227. The van der Waals surface area contributed by atoms with Gasteiger partial charge in [-0.2, -0.15) is 0 Å². The molecule has 0 unspecified atom stereocenters. The van der Waals surface area contributed by atoms with Crippen molar-refractivity contribution in [2.45, 2.75) is 51.0 Å². The number of halogens is 2. The lowest BCUT2D eigenvalue weighted by atomic mass is 9.58. The summed E-state index contributed by atoms with van der Waals surface area (Å²) in [5, 5.41) is 16.5. The van der Waals surface area contributed by atoms with Crippen molar-refractivity contribution in [3.63, 3.8) is 0 Å². The molecule has 9 heteroatoms. The zero-order valence-corrected chi connectivity index (χ0v) is 23.6. The van der Waals surface area contributed by atoms with Crippen LogP contribution in [0.5, 0.6) is 0 Å². The van der Waals surface area contributed by atoms with Crippen LogP contribution in [0.15, 0.2) is 46.3 Å². The average molecular weight is 581 g/mol. The van der Waals surface area contributed by atoms with E-state index in [1.807, 2.05) is 6.07 Å². The number of rotatable bonds is 8. The van der Waals surface area contributed by atoms with Gasteiger partial charge in [-0.15, -0.1) is 11.3 Å². The number of ether oxygens (including phenoxy) is 1. The molecule has 1 N–H and O–H groups in total. The van der Waals surface area contributed by atoms with Crippen LogP contribution in [-0.4, -0.2) is 35.9 Å². The van der Waals surface area contributed by atoms with Crippen molar-refractivity contribution in [1.82, 2.24) is 5.16 Å². The van der Waals surface area contributed by atoms with Crippen molar-refractivity contribution in [2.75, 3.05) is 24.6 Å². The number of hydrogen-bond acceptors (Lipinski definition) is 6. The van der Waals surface area contributed by atoms with Gasteiger partial charge >= 0.3 is 5.97 Å². The fraction of sp³-hybridized carbons (Fsp3) is 0.419. The molecule has 1 saturated heterocycles. The Bertz CT molecular complexity index is 1560. The molecule has 0 atom stereocenters. The maximum absolute atomic E-state index is 14.7. The van der Waals surface area contributed by atoms with E-state index in [4.69, 9.17) is 20.9 Å². The van der Waals surface area contributed by atoms with Crippen molar-refractivity contribution >= 4 is 44.7 Å². The molecule has 2 aromatic heterocycles. The zero-order valence-electron chi connectivity index (χ0n) is 22.0. The second kappa shape index (κ2) is 10.2. The number of thiophene rings is 1. The summed E-state index contributed by atoms with van der Waals surface area (Å²) in [6, 6.07) is 10.8. The van der Waals surface area contributed by atoms with Gasteiger partial charge in [0.1, 0.15) is 17.3 Å². The summed E-state index contributed by atoms with van der Waals surface area (Å²) in [5.74, 6) is 0.390. The average Bonchev–Trinajstić information content (AvgIpc) is 3.54. The standard InChI is InChI=1S/C31H30ClFN2O4S/c32-24-2-1-3-25(33)27(24)28-22(29(39-34-28)19-4-5-19)16-38-15-18-13-31(14-18)8-10-35(11-9-31)20-6-7-21-23(30(36)37)17-40-26(21)12-20/h1-3,6-7,12,17-19H,4-5,8-11,13-16H2,(H,36,37). The first-order chi connectivity index (χ1) is 19.4. The smallest absolute Gasteiger partial charge is 0.337 e. The molecule has 2 aromatic carbocycles. The van der Waals surface area contributed by atoms with Crippen molar-refractivity contribution in [3.05, 3.63) is 69.5 Å². The van der Waals surface area contributed by atoms with Crippen molar-refractivity contribution in [2.24, 2.45) is 11.3 Å². The van der Waals surface area contributed by atoms with Gasteiger partial charge in [0.25, 0.3) is 0 Å². The monoisotopic (exact) mass is 580 g/mol. The largest absolute Gasteiger partial charge is 0.478 e. The number of nitrogens with zero attached hydrogens (tertiary/aromatic N) is 2. The summed E-state index contributed by atoms with van der Waals surface area (Å²) in [5.41, 5.74) is 3.51. The Morgan fingerprint density at radius 1 is 1.23 bits per heavy atom. The molecule has 1 spiro atoms. The highest BCUT2D eigenvalue weighted by atomic mass is 35.5. The lowest BCUT2D eigenvalue weighted by Crippen LogP contribution is -2.48. The molecule has 3 aliphatic rings. The first-order valence-electron chi connectivity index (χ1n) is 13.9. The lowest BCUT2D eigenvalue weighted by molar-refractivity contribution is -0.0315. The SMILES string of the molecule is O=C(O)c1csc2cc(N3CCC4(CC3)CC(COCc3c(-c5c(F)cccc5Cl)noc3C3CC3)C4)ccc12. The van der Waals surface area contributed by atoms with Gasteiger partial charge < -0.3 is 19.3 Å². The molecular formula is C31H30ClFN2O4S. The van der Waals surface area contributed by atoms with Gasteiger partial charge in [0, 0.05) is 52.3 Å². The second-order valence-corrected chi connectivity index (χ2v) is 13.0.